The second-order valence-corrected chi connectivity index (χ2v) is 4.07. The molecule has 1 rings (SSSR count). The molecule has 2 amide bonds. The Balaban J connectivity index is 2.63. The molecular formula is C13H15N3O4. The average molecular weight is 277 g/mol. The van der Waals surface area contributed by atoms with Gasteiger partial charge < -0.3 is 21.9 Å². The highest BCUT2D eigenvalue weighted by atomic mass is 16.4. The van der Waals surface area contributed by atoms with Crippen LogP contribution in [-0.2, 0) is 14.4 Å². The van der Waals surface area contributed by atoms with E-state index in [1.807, 2.05) is 0 Å². The smallest absolute Gasteiger partial charge is 0.326 e. The zero-order chi connectivity index (χ0) is 15.1. The van der Waals surface area contributed by atoms with Crippen LogP contribution in [0.2, 0.25) is 0 Å². The molecule has 0 aromatic heterocycles. The third kappa shape index (κ3) is 5.21. The molecule has 0 aliphatic heterocycles. The van der Waals surface area contributed by atoms with Crippen molar-refractivity contribution in [1.82, 2.24) is 5.32 Å². The van der Waals surface area contributed by atoms with Gasteiger partial charge in [-0.3, -0.25) is 9.59 Å². The molecule has 0 saturated heterocycles. The molecule has 7 nitrogen and oxygen atoms in total. The molecule has 7 heteroatoms. The van der Waals surface area contributed by atoms with Crippen LogP contribution in [0.3, 0.4) is 0 Å². The van der Waals surface area contributed by atoms with E-state index in [1.54, 1.807) is 24.3 Å². The molecule has 1 atom stereocenters. The summed E-state index contributed by atoms with van der Waals surface area (Å²) in [5.41, 5.74) is 11.7. The van der Waals surface area contributed by atoms with Gasteiger partial charge in [-0.1, -0.05) is 12.1 Å². The Morgan fingerprint density at radius 2 is 1.85 bits per heavy atom. The summed E-state index contributed by atoms with van der Waals surface area (Å²) in [7, 11) is 0. The molecule has 20 heavy (non-hydrogen) atoms. The third-order valence-electron chi connectivity index (χ3n) is 2.38. The van der Waals surface area contributed by atoms with Gasteiger partial charge in [0.2, 0.25) is 11.8 Å². The van der Waals surface area contributed by atoms with Crippen molar-refractivity contribution < 1.29 is 19.5 Å². The average Bonchev–Trinajstić information content (AvgIpc) is 2.36. The van der Waals surface area contributed by atoms with Crippen LogP contribution >= 0.6 is 0 Å². The van der Waals surface area contributed by atoms with Crippen molar-refractivity contribution in [1.29, 1.82) is 0 Å². The number of carbonyl (C=O) groups excluding carboxylic acids is 2. The van der Waals surface area contributed by atoms with Crippen molar-refractivity contribution in [3.8, 4) is 0 Å². The SMILES string of the molecule is NC(=O)C[C@H](NC(=O)/C=C/c1ccc(N)cc1)C(=O)O. The van der Waals surface area contributed by atoms with Gasteiger partial charge >= 0.3 is 5.97 Å². The number of amides is 2. The van der Waals surface area contributed by atoms with Gasteiger partial charge in [-0.05, 0) is 23.8 Å². The predicted octanol–water partition coefficient (Wildman–Crippen LogP) is -0.273. The number of hydrogen-bond donors (Lipinski definition) is 4. The van der Waals surface area contributed by atoms with Crippen molar-refractivity contribution >= 4 is 29.5 Å². The number of benzene rings is 1. The van der Waals surface area contributed by atoms with E-state index in [4.69, 9.17) is 16.6 Å². The van der Waals surface area contributed by atoms with Gasteiger partial charge in [0.05, 0.1) is 6.42 Å². The van der Waals surface area contributed by atoms with Crippen LogP contribution in [0.25, 0.3) is 6.08 Å². The number of carbonyl (C=O) groups is 3. The van der Waals surface area contributed by atoms with Crippen LogP contribution in [0.5, 0.6) is 0 Å². The van der Waals surface area contributed by atoms with Crippen LogP contribution in [0, 0.1) is 0 Å². The molecule has 0 radical (unpaired) electrons. The number of nitrogens with two attached hydrogens (primary N) is 2. The summed E-state index contributed by atoms with van der Waals surface area (Å²) in [4.78, 5) is 33.0. The number of carboxylic acids is 1. The Morgan fingerprint density at radius 3 is 2.35 bits per heavy atom. The van der Waals surface area contributed by atoms with Gasteiger partial charge in [0.1, 0.15) is 6.04 Å². The zero-order valence-corrected chi connectivity index (χ0v) is 10.6. The van der Waals surface area contributed by atoms with Gasteiger partial charge in [0, 0.05) is 11.8 Å². The van der Waals surface area contributed by atoms with Gasteiger partial charge in [0.25, 0.3) is 0 Å². The predicted molar refractivity (Wildman–Crippen MR) is 73.3 cm³/mol. The fraction of sp³-hybridized carbons (Fsp3) is 0.154. The van der Waals surface area contributed by atoms with Crippen molar-refractivity contribution in [2.75, 3.05) is 5.73 Å². The second-order valence-electron chi connectivity index (χ2n) is 4.07. The van der Waals surface area contributed by atoms with E-state index in [0.29, 0.717) is 5.69 Å². The largest absolute Gasteiger partial charge is 0.480 e. The fourth-order valence-electron chi connectivity index (χ4n) is 1.40. The van der Waals surface area contributed by atoms with E-state index in [1.165, 1.54) is 12.2 Å². The van der Waals surface area contributed by atoms with Crippen LogP contribution < -0.4 is 16.8 Å². The Morgan fingerprint density at radius 1 is 1.25 bits per heavy atom. The molecule has 0 aliphatic carbocycles. The standard InChI is InChI=1S/C13H15N3O4/c14-9-4-1-8(2-5-9)3-6-12(18)16-10(13(19)20)7-11(15)17/h1-6,10H,7,14H2,(H2,15,17)(H,16,18)(H,19,20)/b6-3+/t10-/m0/s1. The number of nitrogens with one attached hydrogen (secondary N) is 1. The summed E-state index contributed by atoms with van der Waals surface area (Å²) in [6, 6.07) is 5.42. The zero-order valence-electron chi connectivity index (χ0n) is 10.6. The minimum Gasteiger partial charge on any atom is -0.480 e. The first kappa shape index (κ1) is 15.2. The molecule has 6 N–H and O–H groups in total. The topological polar surface area (TPSA) is 136 Å². The molecule has 0 spiro atoms. The summed E-state index contributed by atoms with van der Waals surface area (Å²) in [6.45, 7) is 0. The monoisotopic (exact) mass is 277 g/mol. The lowest BCUT2D eigenvalue weighted by Crippen LogP contribution is -2.42. The normalized spacial score (nSPS) is 12.0. The van der Waals surface area contributed by atoms with Crippen molar-refractivity contribution in [3.63, 3.8) is 0 Å². The van der Waals surface area contributed by atoms with Crippen molar-refractivity contribution in [2.24, 2.45) is 5.73 Å². The van der Waals surface area contributed by atoms with Crippen LogP contribution in [0.4, 0.5) is 5.69 Å². The Labute approximate surface area is 115 Å². The minimum absolute atomic E-state index is 0.462. The summed E-state index contributed by atoms with van der Waals surface area (Å²) >= 11 is 0. The lowest BCUT2D eigenvalue weighted by Gasteiger charge is -2.10. The fourth-order valence-corrected chi connectivity index (χ4v) is 1.40. The van der Waals surface area contributed by atoms with E-state index in [-0.39, 0.29) is 0 Å². The molecule has 0 unspecified atom stereocenters. The summed E-state index contributed by atoms with van der Waals surface area (Å²) in [6.07, 6.45) is 2.21. The summed E-state index contributed by atoms with van der Waals surface area (Å²) in [5.74, 6) is -2.76. The second kappa shape index (κ2) is 6.93. The number of hydrogen-bond acceptors (Lipinski definition) is 4. The van der Waals surface area contributed by atoms with E-state index >= 15 is 0 Å². The van der Waals surface area contributed by atoms with E-state index in [2.05, 4.69) is 5.32 Å². The number of nitrogen functional groups attached to an aromatic ring is 1. The molecule has 1 aromatic rings. The lowest BCUT2D eigenvalue weighted by atomic mass is 10.2. The van der Waals surface area contributed by atoms with Crippen molar-refractivity contribution in [2.45, 2.75) is 12.5 Å². The number of carboxylic acid groups (broad SMARTS) is 1. The van der Waals surface area contributed by atoms with Crippen LogP contribution in [0.1, 0.15) is 12.0 Å². The highest BCUT2D eigenvalue weighted by Gasteiger charge is 2.20. The molecule has 0 saturated carbocycles. The third-order valence-corrected chi connectivity index (χ3v) is 2.38. The molecule has 0 bridgehead atoms. The minimum atomic E-state index is -1.34. The first-order valence-electron chi connectivity index (χ1n) is 5.73. The molecule has 0 heterocycles. The maximum Gasteiger partial charge on any atom is 0.326 e. The molecule has 1 aromatic carbocycles. The van der Waals surface area contributed by atoms with E-state index < -0.39 is 30.2 Å². The Kier molecular flexibility index (Phi) is 5.28. The van der Waals surface area contributed by atoms with E-state index in [9.17, 15) is 14.4 Å². The molecule has 0 aliphatic rings. The van der Waals surface area contributed by atoms with Crippen molar-refractivity contribution in [3.05, 3.63) is 35.9 Å². The van der Waals surface area contributed by atoms with Gasteiger partial charge in [-0.2, -0.15) is 0 Å². The van der Waals surface area contributed by atoms with Gasteiger partial charge in [-0.15, -0.1) is 0 Å². The maximum atomic E-state index is 11.5. The van der Waals surface area contributed by atoms with E-state index in [0.717, 1.165) is 5.56 Å². The van der Waals surface area contributed by atoms with Crippen LogP contribution in [-0.4, -0.2) is 28.9 Å². The Hall–Kier alpha value is -2.83. The van der Waals surface area contributed by atoms with Gasteiger partial charge in [0.15, 0.2) is 0 Å². The lowest BCUT2D eigenvalue weighted by molar-refractivity contribution is -0.142. The summed E-state index contributed by atoms with van der Waals surface area (Å²) < 4.78 is 0. The number of aliphatic carboxylic acids is 1. The quantitative estimate of drug-likeness (QED) is 0.419. The highest BCUT2D eigenvalue weighted by molar-refractivity contribution is 5.95. The Bertz CT molecular complexity index is 537. The molecular weight excluding hydrogens is 262 g/mol. The van der Waals surface area contributed by atoms with Gasteiger partial charge in [-0.25, -0.2) is 4.79 Å². The first-order chi connectivity index (χ1) is 9.38. The summed E-state index contributed by atoms with van der Waals surface area (Å²) in [5, 5.41) is 11.0. The maximum absolute atomic E-state index is 11.5. The number of rotatable bonds is 6. The number of anilines is 1. The highest BCUT2D eigenvalue weighted by Crippen LogP contribution is 2.06. The number of primary amides is 1. The molecule has 0 fully saturated rings. The first-order valence-corrected chi connectivity index (χ1v) is 5.73. The molecule has 106 valence electrons. The van der Waals surface area contributed by atoms with Crippen LogP contribution in [0.15, 0.2) is 30.3 Å².